The molecule has 0 amide bonds. The maximum Gasteiger partial charge on any atom is 0.241 e. The Bertz CT molecular complexity index is 569. The van der Waals surface area contributed by atoms with Crippen LogP contribution in [-0.4, -0.2) is 21.0 Å². The number of hydrogen-bond acceptors (Lipinski definition) is 3. The standard InChI is InChI=1S/C15H25FN2O2S/c1-5-13(6-2)18-21(19,20)15-9-12(10-17-7-3)8-14(16)11(15)4/h8-9,13,17-18H,5-7,10H2,1-4H3. The van der Waals surface area contributed by atoms with E-state index >= 15 is 0 Å². The summed E-state index contributed by atoms with van der Waals surface area (Å²) < 4.78 is 41.5. The summed E-state index contributed by atoms with van der Waals surface area (Å²) in [6.45, 7) is 8.47. The van der Waals surface area contributed by atoms with E-state index in [2.05, 4.69) is 10.0 Å². The second-order valence-electron chi connectivity index (χ2n) is 5.12. The number of benzene rings is 1. The lowest BCUT2D eigenvalue weighted by molar-refractivity contribution is 0.527. The van der Waals surface area contributed by atoms with Crippen LogP contribution in [0.5, 0.6) is 0 Å². The highest BCUT2D eigenvalue weighted by molar-refractivity contribution is 7.89. The predicted molar refractivity (Wildman–Crippen MR) is 83.2 cm³/mol. The molecule has 4 nitrogen and oxygen atoms in total. The van der Waals surface area contributed by atoms with Crippen LogP contribution in [0.25, 0.3) is 0 Å². The number of sulfonamides is 1. The van der Waals surface area contributed by atoms with Crippen LogP contribution in [0.15, 0.2) is 17.0 Å². The Morgan fingerprint density at radius 2 is 1.81 bits per heavy atom. The van der Waals surface area contributed by atoms with Crippen LogP contribution in [0.4, 0.5) is 4.39 Å². The van der Waals surface area contributed by atoms with E-state index < -0.39 is 15.8 Å². The molecule has 21 heavy (non-hydrogen) atoms. The summed E-state index contributed by atoms with van der Waals surface area (Å²) in [6.07, 6.45) is 1.41. The Labute approximate surface area is 127 Å². The van der Waals surface area contributed by atoms with Gasteiger partial charge in [-0.3, -0.25) is 0 Å². The Morgan fingerprint density at radius 1 is 1.19 bits per heavy atom. The van der Waals surface area contributed by atoms with Gasteiger partial charge in [0, 0.05) is 18.2 Å². The van der Waals surface area contributed by atoms with Crippen LogP contribution in [0.2, 0.25) is 0 Å². The van der Waals surface area contributed by atoms with Crippen LogP contribution >= 0.6 is 0 Å². The molecule has 0 aliphatic heterocycles. The highest BCUT2D eigenvalue weighted by Crippen LogP contribution is 2.21. The van der Waals surface area contributed by atoms with E-state index in [0.29, 0.717) is 24.9 Å². The largest absolute Gasteiger partial charge is 0.313 e. The lowest BCUT2D eigenvalue weighted by Gasteiger charge is -2.17. The molecule has 0 aliphatic carbocycles. The quantitative estimate of drug-likeness (QED) is 0.775. The highest BCUT2D eigenvalue weighted by atomic mass is 32.2. The normalized spacial score (nSPS) is 12.1. The molecule has 0 heterocycles. The van der Waals surface area contributed by atoms with Gasteiger partial charge in [-0.15, -0.1) is 0 Å². The van der Waals surface area contributed by atoms with Crippen molar-refractivity contribution in [3.63, 3.8) is 0 Å². The topological polar surface area (TPSA) is 58.2 Å². The molecule has 0 aliphatic rings. The lowest BCUT2D eigenvalue weighted by Crippen LogP contribution is -2.34. The summed E-state index contributed by atoms with van der Waals surface area (Å²) >= 11 is 0. The van der Waals surface area contributed by atoms with Gasteiger partial charge in [-0.05, 0) is 44.0 Å². The summed E-state index contributed by atoms with van der Waals surface area (Å²) in [5.74, 6) is -0.490. The molecule has 1 rings (SSSR count). The molecule has 0 saturated heterocycles. The number of hydrogen-bond donors (Lipinski definition) is 2. The highest BCUT2D eigenvalue weighted by Gasteiger charge is 2.22. The van der Waals surface area contributed by atoms with Gasteiger partial charge in [0.05, 0.1) is 4.90 Å². The van der Waals surface area contributed by atoms with E-state index in [9.17, 15) is 12.8 Å². The maximum atomic E-state index is 14.0. The molecule has 0 atom stereocenters. The van der Waals surface area contributed by atoms with E-state index in [4.69, 9.17) is 0 Å². The average molecular weight is 316 g/mol. The van der Waals surface area contributed by atoms with Crippen molar-refractivity contribution in [2.24, 2.45) is 0 Å². The van der Waals surface area contributed by atoms with Crippen LogP contribution in [-0.2, 0) is 16.6 Å². The fourth-order valence-electron chi connectivity index (χ4n) is 2.10. The van der Waals surface area contributed by atoms with Crippen molar-refractivity contribution in [3.8, 4) is 0 Å². The van der Waals surface area contributed by atoms with Crippen LogP contribution in [0.1, 0.15) is 44.7 Å². The van der Waals surface area contributed by atoms with Crippen molar-refractivity contribution >= 4 is 10.0 Å². The van der Waals surface area contributed by atoms with E-state index in [-0.39, 0.29) is 16.5 Å². The van der Waals surface area contributed by atoms with Crippen LogP contribution < -0.4 is 10.0 Å². The number of nitrogens with one attached hydrogen (secondary N) is 2. The average Bonchev–Trinajstić information content (AvgIpc) is 2.45. The first-order valence-electron chi connectivity index (χ1n) is 7.37. The molecule has 1 aromatic carbocycles. The molecule has 0 unspecified atom stereocenters. The van der Waals surface area contributed by atoms with Crippen molar-refractivity contribution < 1.29 is 12.8 Å². The Morgan fingerprint density at radius 3 is 2.33 bits per heavy atom. The first-order chi connectivity index (χ1) is 9.85. The van der Waals surface area contributed by atoms with Gasteiger partial charge < -0.3 is 5.32 Å². The van der Waals surface area contributed by atoms with Crippen molar-refractivity contribution in [1.29, 1.82) is 0 Å². The Kier molecular flexibility index (Phi) is 6.77. The van der Waals surface area contributed by atoms with Crippen LogP contribution in [0, 0.1) is 12.7 Å². The second kappa shape index (κ2) is 7.87. The van der Waals surface area contributed by atoms with Gasteiger partial charge in [-0.25, -0.2) is 17.5 Å². The van der Waals surface area contributed by atoms with E-state index in [1.165, 1.54) is 13.0 Å². The van der Waals surface area contributed by atoms with Gasteiger partial charge in [-0.2, -0.15) is 0 Å². The summed E-state index contributed by atoms with van der Waals surface area (Å²) in [5, 5.41) is 3.07. The summed E-state index contributed by atoms with van der Waals surface area (Å²) in [5.41, 5.74) is 0.790. The predicted octanol–water partition coefficient (Wildman–Crippen LogP) is 2.71. The molecule has 120 valence electrons. The van der Waals surface area contributed by atoms with E-state index in [1.807, 2.05) is 20.8 Å². The summed E-state index contributed by atoms with van der Waals surface area (Å²) in [4.78, 5) is 0.0299. The van der Waals surface area contributed by atoms with Gasteiger partial charge in [-0.1, -0.05) is 20.8 Å². The minimum Gasteiger partial charge on any atom is -0.313 e. The number of rotatable bonds is 8. The fraction of sp³-hybridized carbons (Fsp3) is 0.600. The van der Waals surface area contributed by atoms with Crippen molar-refractivity contribution in [3.05, 3.63) is 29.1 Å². The first-order valence-corrected chi connectivity index (χ1v) is 8.86. The van der Waals surface area contributed by atoms with E-state index in [1.54, 1.807) is 6.07 Å². The summed E-state index contributed by atoms with van der Waals surface area (Å²) in [7, 11) is -3.70. The molecule has 0 saturated carbocycles. The zero-order chi connectivity index (χ0) is 16.0. The lowest BCUT2D eigenvalue weighted by atomic mass is 10.1. The molecule has 2 N–H and O–H groups in total. The fourth-order valence-corrected chi connectivity index (χ4v) is 3.80. The Balaban J connectivity index is 3.18. The molecular formula is C15H25FN2O2S. The minimum atomic E-state index is -3.70. The maximum absolute atomic E-state index is 14.0. The molecule has 6 heteroatoms. The van der Waals surface area contributed by atoms with Gasteiger partial charge in [0.15, 0.2) is 0 Å². The monoisotopic (exact) mass is 316 g/mol. The molecule has 0 aromatic heterocycles. The Hall–Kier alpha value is -0.980. The smallest absolute Gasteiger partial charge is 0.241 e. The third-order valence-electron chi connectivity index (χ3n) is 3.53. The van der Waals surface area contributed by atoms with Gasteiger partial charge in [0.25, 0.3) is 0 Å². The molecule has 0 radical (unpaired) electrons. The minimum absolute atomic E-state index is 0.0299. The van der Waals surface area contributed by atoms with Crippen LogP contribution in [0.3, 0.4) is 0 Å². The SMILES string of the molecule is CCNCc1cc(F)c(C)c(S(=O)(=O)NC(CC)CC)c1. The molecule has 0 spiro atoms. The zero-order valence-electron chi connectivity index (χ0n) is 13.2. The first kappa shape index (κ1) is 18.1. The van der Waals surface area contributed by atoms with E-state index in [0.717, 1.165) is 6.54 Å². The zero-order valence-corrected chi connectivity index (χ0v) is 14.0. The van der Waals surface area contributed by atoms with Crippen molar-refractivity contribution in [1.82, 2.24) is 10.0 Å². The summed E-state index contributed by atoms with van der Waals surface area (Å²) in [6, 6.07) is 2.80. The third-order valence-corrected chi connectivity index (χ3v) is 5.18. The third kappa shape index (κ3) is 4.76. The number of halogens is 1. The second-order valence-corrected chi connectivity index (χ2v) is 6.80. The van der Waals surface area contributed by atoms with Gasteiger partial charge >= 0.3 is 0 Å². The van der Waals surface area contributed by atoms with Crippen molar-refractivity contribution in [2.45, 2.75) is 58.0 Å². The van der Waals surface area contributed by atoms with Gasteiger partial charge in [0.1, 0.15) is 5.82 Å². The molecule has 0 bridgehead atoms. The van der Waals surface area contributed by atoms with Gasteiger partial charge in [0.2, 0.25) is 10.0 Å². The molecule has 0 fully saturated rings. The molecule has 1 aromatic rings. The van der Waals surface area contributed by atoms with Crippen molar-refractivity contribution in [2.75, 3.05) is 6.54 Å². The molecular weight excluding hydrogens is 291 g/mol.